The number of hydrogen-bond acceptors (Lipinski definition) is 2. The lowest BCUT2D eigenvalue weighted by Crippen LogP contribution is -2.43. The van der Waals surface area contributed by atoms with Crippen molar-refractivity contribution in [3.8, 4) is 0 Å². The van der Waals surface area contributed by atoms with Crippen LogP contribution < -0.4 is 10.6 Å². The topological polar surface area (TPSA) is 41.1 Å². The summed E-state index contributed by atoms with van der Waals surface area (Å²) in [6.07, 6.45) is 7.39. The van der Waals surface area contributed by atoms with Crippen molar-refractivity contribution in [2.45, 2.75) is 64.5 Å². The summed E-state index contributed by atoms with van der Waals surface area (Å²) in [6, 6.07) is 0.694. The highest BCUT2D eigenvalue weighted by atomic mass is 16.2. The van der Waals surface area contributed by atoms with Crippen LogP contribution in [0.25, 0.3) is 0 Å². The molecule has 0 aromatic heterocycles. The summed E-state index contributed by atoms with van der Waals surface area (Å²) in [5, 5.41) is 6.58. The van der Waals surface area contributed by atoms with E-state index >= 15 is 0 Å². The molecular weight excluding hydrogens is 212 g/mol. The Hall–Kier alpha value is -0.570. The maximum atomic E-state index is 12.0. The van der Waals surface area contributed by atoms with Gasteiger partial charge in [0, 0.05) is 12.6 Å². The number of rotatable bonds is 4. The van der Waals surface area contributed by atoms with Crippen molar-refractivity contribution in [1.82, 2.24) is 10.6 Å². The number of carbonyl (C=O) groups excluding carboxylic acids is 1. The van der Waals surface area contributed by atoms with E-state index in [-0.39, 0.29) is 11.9 Å². The number of fused-ring (bicyclic) bond motifs is 1. The van der Waals surface area contributed by atoms with Crippen LogP contribution in [0.3, 0.4) is 0 Å². The lowest BCUT2D eigenvalue weighted by Gasteiger charge is -2.24. The minimum absolute atomic E-state index is 0.0789. The van der Waals surface area contributed by atoms with E-state index in [0.29, 0.717) is 12.0 Å². The van der Waals surface area contributed by atoms with E-state index in [2.05, 4.69) is 24.5 Å². The van der Waals surface area contributed by atoms with E-state index in [0.717, 1.165) is 25.3 Å². The number of hydrogen-bond donors (Lipinski definition) is 2. The Morgan fingerprint density at radius 1 is 1.35 bits per heavy atom. The van der Waals surface area contributed by atoms with Crippen molar-refractivity contribution in [2.75, 3.05) is 6.54 Å². The Morgan fingerprint density at radius 3 is 2.82 bits per heavy atom. The quantitative estimate of drug-likeness (QED) is 0.787. The third kappa shape index (κ3) is 3.44. The van der Waals surface area contributed by atoms with Gasteiger partial charge in [-0.3, -0.25) is 4.79 Å². The average Bonchev–Trinajstić information content (AvgIpc) is 2.71. The predicted octanol–water partition coefficient (Wildman–Crippen LogP) is 2.07. The zero-order chi connectivity index (χ0) is 12.3. The highest BCUT2D eigenvalue weighted by molar-refractivity contribution is 5.82. The molecule has 2 aliphatic rings. The average molecular weight is 238 g/mol. The molecule has 2 rings (SSSR count). The third-order valence-corrected chi connectivity index (χ3v) is 4.20. The molecule has 3 nitrogen and oxygen atoms in total. The Bertz CT molecular complexity index is 251. The normalized spacial score (nSPS) is 32.5. The Labute approximate surface area is 105 Å². The zero-order valence-electron chi connectivity index (χ0n) is 11.2. The Balaban J connectivity index is 1.73. The zero-order valence-corrected chi connectivity index (χ0v) is 11.2. The van der Waals surface area contributed by atoms with Crippen LogP contribution in [0.5, 0.6) is 0 Å². The van der Waals surface area contributed by atoms with E-state index in [9.17, 15) is 4.79 Å². The van der Waals surface area contributed by atoms with Gasteiger partial charge in [-0.2, -0.15) is 0 Å². The Morgan fingerprint density at radius 2 is 2.12 bits per heavy atom. The van der Waals surface area contributed by atoms with Crippen LogP contribution in [0, 0.1) is 11.8 Å². The lowest BCUT2D eigenvalue weighted by molar-refractivity contribution is -0.122. The van der Waals surface area contributed by atoms with Gasteiger partial charge in [0.05, 0.1) is 6.04 Å². The lowest BCUT2D eigenvalue weighted by atomic mass is 9.85. The summed E-state index contributed by atoms with van der Waals surface area (Å²) in [4.78, 5) is 12.0. The largest absolute Gasteiger partial charge is 0.355 e. The molecule has 2 N–H and O–H groups in total. The van der Waals surface area contributed by atoms with Crippen LogP contribution in [0.2, 0.25) is 0 Å². The predicted molar refractivity (Wildman–Crippen MR) is 69.8 cm³/mol. The van der Waals surface area contributed by atoms with Crippen LogP contribution in [0.1, 0.15) is 52.4 Å². The van der Waals surface area contributed by atoms with Crippen LogP contribution >= 0.6 is 0 Å². The maximum Gasteiger partial charge on any atom is 0.237 e. The molecule has 98 valence electrons. The van der Waals surface area contributed by atoms with E-state index in [1.54, 1.807) is 0 Å². The fraction of sp³-hybridized carbons (Fsp3) is 0.929. The van der Waals surface area contributed by atoms with Gasteiger partial charge in [-0.05, 0) is 37.5 Å². The molecule has 3 unspecified atom stereocenters. The van der Waals surface area contributed by atoms with Gasteiger partial charge in [0.15, 0.2) is 0 Å². The number of amides is 1. The van der Waals surface area contributed by atoms with Crippen LogP contribution in [-0.4, -0.2) is 24.5 Å². The molecule has 1 aliphatic carbocycles. The maximum absolute atomic E-state index is 12.0. The van der Waals surface area contributed by atoms with Gasteiger partial charge < -0.3 is 10.6 Å². The first-order chi connectivity index (χ1) is 8.16. The second-order valence-electron chi connectivity index (χ2n) is 6.08. The first-order valence-electron chi connectivity index (χ1n) is 7.20. The smallest absolute Gasteiger partial charge is 0.237 e. The summed E-state index contributed by atoms with van der Waals surface area (Å²) in [6.45, 7) is 5.20. The highest BCUT2D eigenvalue weighted by Crippen LogP contribution is 2.33. The van der Waals surface area contributed by atoms with Gasteiger partial charge in [0.2, 0.25) is 5.91 Å². The standard InChI is InChI=1S/C14H26N2O/c1-10(2)7-8-15-14(17)13-9-11-5-3-4-6-12(11)16-13/h10-13,16H,3-9H2,1-2H3,(H,15,17). The van der Waals surface area contributed by atoms with Gasteiger partial charge in [0.1, 0.15) is 0 Å². The highest BCUT2D eigenvalue weighted by Gasteiger charge is 2.37. The second-order valence-corrected chi connectivity index (χ2v) is 6.08. The molecule has 1 aliphatic heterocycles. The molecule has 3 atom stereocenters. The molecule has 0 spiro atoms. The van der Waals surface area contributed by atoms with Gasteiger partial charge >= 0.3 is 0 Å². The molecule has 0 bridgehead atoms. The molecule has 17 heavy (non-hydrogen) atoms. The van der Waals surface area contributed by atoms with Crippen molar-refractivity contribution < 1.29 is 4.79 Å². The Kier molecular flexibility index (Phi) is 4.43. The fourth-order valence-electron chi connectivity index (χ4n) is 3.13. The molecule has 1 heterocycles. The van der Waals surface area contributed by atoms with Gasteiger partial charge in [-0.25, -0.2) is 0 Å². The van der Waals surface area contributed by atoms with E-state index in [4.69, 9.17) is 0 Å². The van der Waals surface area contributed by atoms with Gasteiger partial charge in [-0.15, -0.1) is 0 Å². The molecule has 0 aromatic rings. The van der Waals surface area contributed by atoms with Crippen LogP contribution in [0.15, 0.2) is 0 Å². The third-order valence-electron chi connectivity index (χ3n) is 4.20. The fourth-order valence-corrected chi connectivity index (χ4v) is 3.13. The second kappa shape index (κ2) is 5.85. The molecule has 0 radical (unpaired) electrons. The SMILES string of the molecule is CC(C)CCNC(=O)C1CC2CCCCC2N1. The van der Waals surface area contributed by atoms with Crippen molar-refractivity contribution in [1.29, 1.82) is 0 Å². The summed E-state index contributed by atoms with van der Waals surface area (Å²) < 4.78 is 0. The molecule has 3 heteroatoms. The minimum atomic E-state index is 0.0789. The van der Waals surface area contributed by atoms with E-state index in [1.807, 2.05) is 0 Å². The summed E-state index contributed by atoms with van der Waals surface area (Å²) >= 11 is 0. The number of nitrogens with one attached hydrogen (secondary N) is 2. The monoisotopic (exact) mass is 238 g/mol. The van der Waals surface area contributed by atoms with Gasteiger partial charge in [-0.1, -0.05) is 26.7 Å². The summed E-state index contributed by atoms with van der Waals surface area (Å²) in [7, 11) is 0. The number of carbonyl (C=O) groups is 1. The minimum Gasteiger partial charge on any atom is -0.355 e. The van der Waals surface area contributed by atoms with Crippen LogP contribution in [-0.2, 0) is 4.79 Å². The van der Waals surface area contributed by atoms with Crippen molar-refractivity contribution in [3.05, 3.63) is 0 Å². The van der Waals surface area contributed by atoms with Crippen molar-refractivity contribution in [2.24, 2.45) is 11.8 Å². The van der Waals surface area contributed by atoms with Crippen molar-refractivity contribution in [3.63, 3.8) is 0 Å². The van der Waals surface area contributed by atoms with Gasteiger partial charge in [0.25, 0.3) is 0 Å². The first kappa shape index (κ1) is 12.9. The van der Waals surface area contributed by atoms with Crippen LogP contribution in [0.4, 0.5) is 0 Å². The molecule has 1 saturated carbocycles. The molecule has 2 fully saturated rings. The molecule has 1 amide bonds. The van der Waals surface area contributed by atoms with E-state index < -0.39 is 0 Å². The first-order valence-corrected chi connectivity index (χ1v) is 7.20. The summed E-state index contributed by atoms with van der Waals surface area (Å²) in [5.41, 5.74) is 0. The molecular formula is C14H26N2O. The summed E-state index contributed by atoms with van der Waals surface area (Å²) in [5.74, 6) is 1.64. The van der Waals surface area contributed by atoms with Crippen molar-refractivity contribution >= 4 is 5.91 Å². The molecule has 0 aromatic carbocycles. The van der Waals surface area contributed by atoms with E-state index in [1.165, 1.54) is 25.7 Å². The molecule has 1 saturated heterocycles.